The second-order valence-electron chi connectivity index (χ2n) is 3.99. The average Bonchev–Trinajstić information content (AvgIpc) is 2.16. The zero-order valence-electron chi connectivity index (χ0n) is 8.86. The molecule has 14 heavy (non-hydrogen) atoms. The van der Waals surface area contributed by atoms with Crippen molar-refractivity contribution in [2.24, 2.45) is 15.9 Å². The van der Waals surface area contributed by atoms with Crippen LogP contribution >= 0.6 is 0 Å². The maximum atomic E-state index is 4.40. The summed E-state index contributed by atoms with van der Waals surface area (Å²) in [6, 6.07) is 0. The van der Waals surface area contributed by atoms with Gasteiger partial charge in [-0.3, -0.25) is 4.90 Å². The maximum Gasteiger partial charge on any atom is 0.229 e. The van der Waals surface area contributed by atoms with Crippen molar-refractivity contribution in [1.82, 2.24) is 4.90 Å². The lowest BCUT2D eigenvalue weighted by Crippen LogP contribution is -2.31. The molecule has 0 saturated carbocycles. The Bertz CT molecular complexity index is 359. The van der Waals surface area contributed by atoms with Crippen molar-refractivity contribution in [3.05, 3.63) is 23.5 Å². The van der Waals surface area contributed by atoms with Gasteiger partial charge in [-0.05, 0) is 24.5 Å². The van der Waals surface area contributed by atoms with E-state index in [4.69, 9.17) is 0 Å². The molecule has 3 heteroatoms. The molecular formula is C11H15N3. The highest BCUT2D eigenvalue weighted by Gasteiger charge is 2.20. The van der Waals surface area contributed by atoms with Crippen LogP contribution in [0.25, 0.3) is 0 Å². The van der Waals surface area contributed by atoms with Gasteiger partial charge in [0, 0.05) is 18.1 Å². The van der Waals surface area contributed by atoms with Gasteiger partial charge < -0.3 is 0 Å². The van der Waals surface area contributed by atoms with Crippen LogP contribution in [0.2, 0.25) is 0 Å². The van der Waals surface area contributed by atoms with E-state index in [9.17, 15) is 0 Å². The molecule has 2 rings (SSSR count). The minimum absolute atomic E-state index is 0.495. The Morgan fingerprint density at radius 3 is 2.93 bits per heavy atom. The second-order valence-corrected chi connectivity index (χ2v) is 3.99. The lowest BCUT2D eigenvalue weighted by atomic mass is 10.1. The molecule has 0 bridgehead atoms. The molecule has 2 aliphatic rings. The van der Waals surface area contributed by atoms with Gasteiger partial charge in [0.15, 0.2) is 0 Å². The third kappa shape index (κ3) is 1.50. The molecule has 0 spiro atoms. The fraction of sp³-hybridized carbons (Fsp3) is 0.455. The molecule has 0 aromatic heterocycles. The van der Waals surface area contributed by atoms with Crippen LogP contribution in [0.4, 0.5) is 0 Å². The third-order valence-electron chi connectivity index (χ3n) is 2.34. The Kier molecular flexibility index (Phi) is 2.23. The Labute approximate surface area is 84.5 Å². The van der Waals surface area contributed by atoms with Crippen LogP contribution in [-0.2, 0) is 0 Å². The molecule has 0 aromatic carbocycles. The van der Waals surface area contributed by atoms with Crippen LogP contribution in [0.5, 0.6) is 0 Å². The van der Waals surface area contributed by atoms with E-state index in [1.807, 2.05) is 6.21 Å². The van der Waals surface area contributed by atoms with Crippen molar-refractivity contribution in [1.29, 1.82) is 0 Å². The number of hydrogen-bond acceptors (Lipinski definition) is 3. The highest BCUT2D eigenvalue weighted by molar-refractivity contribution is 5.96. The molecule has 0 aliphatic carbocycles. The van der Waals surface area contributed by atoms with Crippen LogP contribution in [0.15, 0.2) is 33.5 Å². The van der Waals surface area contributed by atoms with Crippen molar-refractivity contribution >= 4 is 12.2 Å². The van der Waals surface area contributed by atoms with Crippen molar-refractivity contribution < 1.29 is 0 Å². The molecule has 74 valence electrons. The standard InChI is InChI=1S/C11H15N3/c1-8(2)10-4-5-12-11-13-6-9(3)7-14(10)11/h4-5,7-8H,6H2,1-3H3. The van der Waals surface area contributed by atoms with E-state index in [0.717, 1.165) is 12.5 Å². The number of aliphatic imine (C=N–C) groups is 2. The topological polar surface area (TPSA) is 28.0 Å². The zero-order chi connectivity index (χ0) is 10.1. The summed E-state index contributed by atoms with van der Waals surface area (Å²) >= 11 is 0. The van der Waals surface area contributed by atoms with Crippen LogP contribution in [0, 0.1) is 5.92 Å². The van der Waals surface area contributed by atoms with Crippen LogP contribution < -0.4 is 0 Å². The minimum atomic E-state index is 0.495. The average molecular weight is 189 g/mol. The number of nitrogens with zero attached hydrogens (tertiary/aromatic N) is 3. The smallest absolute Gasteiger partial charge is 0.229 e. The van der Waals surface area contributed by atoms with Crippen molar-refractivity contribution in [3.63, 3.8) is 0 Å². The van der Waals surface area contributed by atoms with Gasteiger partial charge in [0.2, 0.25) is 5.96 Å². The molecule has 0 amide bonds. The first-order valence-electron chi connectivity index (χ1n) is 4.93. The first kappa shape index (κ1) is 9.19. The van der Waals surface area contributed by atoms with E-state index in [1.165, 1.54) is 11.3 Å². The zero-order valence-corrected chi connectivity index (χ0v) is 8.86. The van der Waals surface area contributed by atoms with E-state index in [-0.39, 0.29) is 0 Å². The lowest BCUT2D eigenvalue weighted by molar-refractivity contribution is 0.546. The maximum absolute atomic E-state index is 4.40. The largest absolute Gasteiger partial charge is 0.290 e. The molecule has 0 atom stereocenters. The summed E-state index contributed by atoms with van der Waals surface area (Å²) < 4.78 is 0. The van der Waals surface area contributed by atoms with E-state index < -0.39 is 0 Å². The fourth-order valence-electron chi connectivity index (χ4n) is 1.61. The van der Waals surface area contributed by atoms with Gasteiger partial charge in [-0.2, -0.15) is 0 Å². The van der Waals surface area contributed by atoms with Crippen LogP contribution in [-0.4, -0.2) is 23.6 Å². The van der Waals surface area contributed by atoms with Gasteiger partial charge >= 0.3 is 0 Å². The molecule has 3 nitrogen and oxygen atoms in total. The molecule has 0 saturated heterocycles. The molecule has 0 radical (unpaired) electrons. The molecule has 2 heterocycles. The monoisotopic (exact) mass is 189 g/mol. The Morgan fingerprint density at radius 1 is 1.43 bits per heavy atom. The van der Waals surface area contributed by atoms with Crippen molar-refractivity contribution in [2.75, 3.05) is 6.54 Å². The van der Waals surface area contributed by atoms with Gasteiger partial charge in [0.05, 0.1) is 6.54 Å². The Morgan fingerprint density at radius 2 is 2.21 bits per heavy atom. The van der Waals surface area contributed by atoms with E-state index in [1.54, 1.807) is 0 Å². The highest BCUT2D eigenvalue weighted by Crippen LogP contribution is 2.22. The van der Waals surface area contributed by atoms with Gasteiger partial charge in [-0.15, -0.1) is 0 Å². The van der Waals surface area contributed by atoms with Gasteiger partial charge in [0.25, 0.3) is 0 Å². The van der Waals surface area contributed by atoms with E-state index in [0.29, 0.717) is 5.92 Å². The fourth-order valence-corrected chi connectivity index (χ4v) is 1.61. The third-order valence-corrected chi connectivity index (χ3v) is 2.34. The summed E-state index contributed by atoms with van der Waals surface area (Å²) in [5.41, 5.74) is 2.54. The summed E-state index contributed by atoms with van der Waals surface area (Å²) in [5.74, 6) is 1.32. The molecule has 0 fully saturated rings. The predicted molar refractivity (Wildman–Crippen MR) is 59.3 cm³/mol. The predicted octanol–water partition coefficient (Wildman–Crippen LogP) is 2.19. The summed E-state index contributed by atoms with van der Waals surface area (Å²) in [4.78, 5) is 10.7. The van der Waals surface area contributed by atoms with Crippen molar-refractivity contribution in [3.8, 4) is 0 Å². The van der Waals surface area contributed by atoms with E-state index in [2.05, 4.69) is 47.9 Å². The molecular weight excluding hydrogens is 174 g/mol. The number of fused-ring (bicyclic) bond motifs is 1. The first-order chi connectivity index (χ1) is 6.68. The minimum Gasteiger partial charge on any atom is -0.290 e. The second kappa shape index (κ2) is 3.40. The Hall–Kier alpha value is -1.38. The first-order valence-corrected chi connectivity index (χ1v) is 4.93. The number of hydrogen-bond donors (Lipinski definition) is 0. The van der Waals surface area contributed by atoms with Crippen molar-refractivity contribution in [2.45, 2.75) is 20.8 Å². The number of allylic oxidation sites excluding steroid dienone is 2. The number of guanidine groups is 1. The summed E-state index contributed by atoms with van der Waals surface area (Å²) in [6.07, 6.45) is 6.02. The SMILES string of the molecule is CC1=CN2C(C(C)C)=CC=NC2=NC1. The van der Waals surface area contributed by atoms with E-state index >= 15 is 0 Å². The molecule has 2 aliphatic heterocycles. The Balaban J connectivity index is 2.36. The van der Waals surface area contributed by atoms with Gasteiger partial charge in [-0.25, -0.2) is 9.98 Å². The van der Waals surface area contributed by atoms with Gasteiger partial charge in [0.1, 0.15) is 0 Å². The summed E-state index contributed by atoms with van der Waals surface area (Å²) in [7, 11) is 0. The van der Waals surface area contributed by atoms with Crippen LogP contribution in [0.3, 0.4) is 0 Å². The van der Waals surface area contributed by atoms with Gasteiger partial charge in [-0.1, -0.05) is 13.8 Å². The lowest BCUT2D eigenvalue weighted by Gasteiger charge is -2.30. The summed E-state index contributed by atoms with van der Waals surface area (Å²) in [6.45, 7) is 7.23. The number of rotatable bonds is 1. The quantitative estimate of drug-likeness (QED) is 0.621. The normalized spacial score (nSPS) is 20.3. The molecule has 0 N–H and O–H groups in total. The van der Waals surface area contributed by atoms with Crippen LogP contribution in [0.1, 0.15) is 20.8 Å². The summed E-state index contributed by atoms with van der Waals surface area (Å²) in [5, 5.41) is 0. The molecule has 0 aromatic rings. The molecule has 0 unspecified atom stereocenters. The highest BCUT2D eigenvalue weighted by atomic mass is 15.3.